The van der Waals surface area contributed by atoms with Crippen molar-refractivity contribution in [2.45, 2.75) is 77.8 Å². The van der Waals surface area contributed by atoms with Crippen LogP contribution >= 0.6 is 0 Å². The fourth-order valence-corrected chi connectivity index (χ4v) is 7.98. The van der Waals surface area contributed by atoms with Crippen LogP contribution in [0.3, 0.4) is 0 Å². The summed E-state index contributed by atoms with van der Waals surface area (Å²) in [5.74, 6) is -8.76. The molecule has 2 saturated carbocycles. The largest absolute Gasteiger partial charge is 0.506 e. The van der Waals surface area contributed by atoms with Crippen molar-refractivity contribution in [3.63, 3.8) is 0 Å². The molecule has 6 rings (SSSR count). The number of aliphatic hydroxyl groups excluding tert-OH is 2. The van der Waals surface area contributed by atoms with Gasteiger partial charge in [-0.2, -0.15) is 0 Å². The predicted octanol–water partition coefficient (Wildman–Crippen LogP) is 3.77. The van der Waals surface area contributed by atoms with Crippen LogP contribution in [0.5, 0.6) is 23.0 Å². The second-order valence-electron chi connectivity index (χ2n) is 13.9. The van der Waals surface area contributed by atoms with E-state index in [0.29, 0.717) is 0 Å². The van der Waals surface area contributed by atoms with Crippen LogP contribution in [0.1, 0.15) is 65.5 Å². The Bertz CT molecular complexity index is 1950. The number of ether oxygens (including phenoxy) is 6. The van der Waals surface area contributed by atoms with E-state index in [0.717, 1.165) is 27.7 Å². The van der Waals surface area contributed by atoms with Crippen LogP contribution in [0, 0.1) is 11.8 Å². The van der Waals surface area contributed by atoms with E-state index in [1.807, 2.05) is 0 Å². The van der Waals surface area contributed by atoms with E-state index in [9.17, 15) is 49.2 Å². The van der Waals surface area contributed by atoms with Gasteiger partial charge in [-0.1, -0.05) is 13.8 Å². The molecule has 0 saturated heterocycles. The third-order valence-electron chi connectivity index (χ3n) is 10.0. The first-order valence-electron chi connectivity index (χ1n) is 17.0. The fourth-order valence-electron chi connectivity index (χ4n) is 7.98. The Kier molecular flexibility index (Phi) is 9.36. The number of aliphatic hydroxyl groups is 2. The summed E-state index contributed by atoms with van der Waals surface area (Å²) in [7, 11) is 0. The second-order valence-corrected chi connectivity index (χ2v) is 13.9. The summed E-state index contributed by atoms with van der Waals surface area (Å²) in [4.78, 5) is 75.4. The molecular weight excluding hydrogens is 712 g/mol. The molecule has 0 unspecified atom stereocenters. The van der Waals surface area contributed by atoms with Crippen molar-refractivity contribution in [2.24, 2.45) is 11.8 Å². The zero-order valence-corrected chi connectivity index (χ0v) is 30.1. The molecule has 0 spiro atoms. The molecule has 0 radical (unpaired) electrons. The maximum Gasteiger partial charge on any atom is 0.303 e. The lowest BCUT2D eigenvalue weighted by Gasteiger charge is -2.48. The number of carbonyl (C=O) groups excluding carboxylic acids is 6. The van der Waals surface area contributed by atoms with Crippen LogP contribution in [0.15, 0.2) is 35.4 Å². The summed E-state index contributed by atoms with van der Waals surface area (Å²) in [6.45, 7) is 6.52. The maximum atomic E-state index is 13.6. The standard InChI is InChI=1S/C38H38O16/c1-15-11-23(43)29-33(47)27-25(53-37(29,13-49-17(3)39)35(15)51-19(5)41)9-7-21(31(27)45)22-8-10-26-28(32(22)46)34(48)30-24(44)12-16(2)36(52-20(6)42)38(30,54-26)14-50-18(4)40/h7-10,15-16,35-36,45-48H,11-14H2,1-6H3/t15-,16-,35-,36-,37+,38+/m0/s1. The van der Waals surface area contributed by atoms with Crippen molar-refractivity contribution >= 4 is 47.0 Å². The Morgan fingerprint density at radius 2 is 0.981 bits per heavy atom. The molecule has 16 heteroatoms. The van der Waals surface area contributed by atoms with Crippen molar-refractivity contribution < 1.29 is 77.6 Å². The van der Waals surface area contributed by atoms with Gasteiger partial charge in [0.2, 0.25) is 11.2 Å². The minimum absolute atomic E-state index is 0.138. The van der Waals surface area contributed by atoms with E-state index >= 15 is 0 Å². The average Bonchev–Trinajstić information content (AvgIpc) is 3.06. The minimum atomic E-state index is -1.99. The van der Waals surface area contributed by atoms with Gasteiger partial charge in [0.25, 0.3) is 0 Å². The Morgan fingerprint density at radius 3 is 1.30 bits per heavy atom. The molecule has 0 aromatic heterocycles. The van der Waals surface area contributed by atoms with Crippen molar-refractivity contribution in [1.82, 2.24) is 0 Å². The number of esters is 4. The lowest BCUT2D eigenvalue weighted by molar-refractivity contribution is -0.178. The highest BCUT2D eigenvalue weighted by molar-refractivity contribution is 6.08. The molecule has 16 nitrogen and oxygen atoms in total. The van der Waals surface area contributed by atoms with Crippen molar-refractivity contribution in [3.05, 3.63) is 46.5 Å². The Morgan fingerprint density at radius 1 is 0.630 bits per heavy atom. The molecule has 2 aliphatic carbocycles. The van der Waals surface area contributed by atoms with Crippen LogP contribution < -0.4 is 9.47 Å². The average molecular weight is 751 g/mol. The molecule has 2 aliphatic heterocycles. The number of phenols is 2. The van der Waals surface area contributed by atoms with E-state index in [-0.39, 0.29) is 46.6 Å². The topological polar surface area (TPSA) is 239 Å². The van der Waals surface area contributed by atoms with Crippen LogP contribution in [0.25, 0.3) is 22.6 Å². The summed E-state index contributed by atoms with van der Waals surface area (Å²) >= 11 is 0. The highest BCUT2D eigenvalue weighted by atomic mass is 16.6. The summed E-state index contributed by atoms with van der Waals surface area (Å²) in [5, 5.41) is 46.9. The number of Topliss-reactive ketones (excluding diaryl/α,β-unsaturated/α-hetero) is 2. The van der Waals surface area contributed by atoms with Crippen LogP contribution in [0.4, 0.5) is 0 Å². The van der Waals surface area contributed by atoms with Crippen molar-refractivity contribution in [3.8, 4) is 34.1 Å². The fraction of sp³-hybridized carbons (Fsp3) is 0.421. The van der Waals surface area contributed by atoms with E-state index < -0.39 is 118 Å². The molecule has 0 bridgehead atoms. The molecule has 54 heavy (non-hydrogen) atoms. The van der Waals surface area contributed by atoms with E-state index in [2.05, 4.69) is 0 Å². The smallest absolute Gasteiger partial charge is 0.303 e. The van der Waals surface area contributed by atoms with Crippen LogP contribution in [-0.2, 0) is 47.7 Å². The molecule has 4 N–H and O–H groups in total. The zero-order chi connectivity index (χ0) is 39.6. The number of benzene rings is 2. The first kappa shape index (κ1) is 37.7. The van der Waals surface area contributed by atoms with Crippen LogP contribution in [0.2, 0.25) is 0 Å². The Hall–Kier alpha value is -6.06. The summed E-state index contributed by atoms with van der Waals surface area (Å²) in [6.07, 6.45) is -2.82. The first-order valence-corrected chi connectivity index (χ1v) is 17.0. The first-order chi connectivity index (χ1) is 25.3. The second kappa shape index (κ2) is 13.4. The molecule has 2 fully saturated rings. The minimum Gasteiger partial charge on any atom is -0.506 e. The highest BCUT2D eigenvalue weighted by Gasteiger charge is 2.62. The molecular formula is C38H38O16. The zero-order valence-electron chi connectivity index (χ0n) is 30.1. The highest BCUT2D eigenvalue weighted by Crippen LogP contribution is 2.56. The summed E-state index contributed by atoms with van der Waals surface area (Å²) in [6, 6.07) is 5.20. The number of aromatic hydroxyl groups is 2. The van der Waals surface area contributed by atoms with Gasteiger partial charge in [-0.3, -0.25) is 28.8 Å². The summed E-state index contributed by atoms with van der Waals surface area (Å²) in [5.41, 5.74) is -5.82. The monoisotopic (exact) mass is 750 g/mol. The lowest BCUT2D eigenvalue weighted by atomic mass is 9.69. The molecule has 4 aliphatic rings. The van der Waals surface area contributed by atoms with Gasteiger partial charge in [0.1, 0.15) is 58.9 Å². The number of carbonyl (C=O) groups is 6. The van der Waals surface area contributed by atoms with E-state index in [4.69, 9.17) is 28.4 Å². The Labute approximate surface area is 307 Å². The van der Waals surface area contributed by atoms with Gasteiger partial charge in [0, 0.05) is 63.5 Å². The maximum absolute atomic E-state index is 13.6. The molecule has 2 aromatic rings. The predicted molar refractivity (Wildman–Crippen MR) is 183 cm³/mol. The number of hydrogen-bond acceptors (Lipinski definition) is 16. The van der Waals surface area contributed by atoms with Gasteiger partial charge >= 0.3 is 23.9 Å². The SMILES string of the molecule is CC(=O)OC[C@@]12Oc3ccc(-c4ccc5c(c4O)C(O)=C4C(=O)C[C@H](C)[C@H](OC(C)=O)[C@]4(COC(C)=O)O5)c(O)c3C(O)=C1C(=O)C[C@H](C)[C@@H]2OC(C)=O. The van der Waals surface area contributed by atoms with Gasteiger partial charge < -0.3 is 48.8 Å². The number of hydrogen-bond donors (Lipinski definition) is 4. The lowest BCUT2D eigenvalue weighted by Crippen LogP contribution is -2.63. The van der Waals surface area contributed by atoms with Gasteiger partial charge in [0.15, 0.2) is 23.8 Å². The van der Waals surface area contributed by atoms with Crippen molar-refractivity contribution in [2.75, 3.05) is 13.2 Å². The molecule has 286 valence electrons. The van der Waals surface area contributed by atoms with E-state index in [1.54, 1.807) is 13.8 Å². The molecule has 2 aromatic carbocycles. The Balaban J connectivity index is 1.51. The normalized spacial score (nSPS) is 26.9. The van der Waals surface area contributed by atoms with Crippen molar-refractivity contribution in [1.29, 1.82) is 0 Å². The number of rotatable bonds is 7. The quantitative estimate of drug-likeness (QED) is 0.233. The molecule has 0 amide bonds. The van der Waals surface area contributed by atoms with Gasteiger partial charge in [-0.05, 0) is 24.3 Å². The number of ketones is 2. The van der Waals surface area contributed by atoms with Gasteiger partial charge in [-0.25, -0.2) is 0 Å². The molecule has 2 heterocycles. The van der Waals surface area contributed by atoms with Crippen LogP contribution in [-0.4, -0.2) is 92.5 Å². The van der Waals surface area contributed by atoms with Gasteiger partial charge in [-0.15, -0.1) is 0 Å². The van der Waals surface area contributed by atoms with Gasteiger partial charge in [0.05, 0.1) is 11.1 Å². The molecule has 6 atom stereocenters. The summed E-state index contributed by atoms with van der Waals surface area (Å²) < 4.78 is 34.2. The number of phenolic OH excluding ortho intramolecular Hbond substituents is 2. The third kappa shape index (κ3) is 5.85. The third-order valence-corrected chi connectivity index (χ3v) is 10.0. The number of fused-ring (bicyclic) bond motifs is 4. The van der Waals surface area contributed by atoms with E-state index in [1.165, 1.54) is 24.3 Å².